The molecule has 2 nitrogen and oxygen atoms in total. The van der Waals surface area contributed by atoms with E-state index in [2.05, 4.69) is 241 Å². The monoisotopic (exact) mass is 992 g/mol. The molecular weight excluding hydrogens is 916 g/mol. The maximum atomic E-state index is 4.26. The molecule has 0 atom stereocenters. The number of fused-ring (bicyclic) bond motifs is 13. The van der Waals surface area contributed by atoms with Gasteiger partial charge in [0, 0.05) is 49.7 Å². The molecular formula is C73H76BN2. The summed E-state index contributed by atoms with van der Waals surface area (Å²) in [6, 6.07) is 50.9. The van der Waals surface area contributed by atoms with Crippen molar-refractivity contribution in [3.63, 3.8) is 0 Å². The van der Waals surface area contributed by atoms with Gasteiger partial charge in [-0.3, -0.25) is 0 Å². The van der Waals surface area contributed by atoms with Gasteiger partial charge in [-0.05, 0) is 197 Å². The molecule has 0 amide bonds. The smallest absolute Gasteiger partial charge is 0.197 e. The quantitative estimate of drug-likeness (QED) is 0.174. The number of benzene rings is 8. The van der Waals surface area contributed by atoms with Crippen LogP contribution in [0.2, 0.25) is 0 Å². The van der Waals surface area contributed by atoms with E-state index in [1.807, 2.05) is 0 Å². The Balaban J connectivity index is 1.13. The van der Waals surface area contributed by atoms with Crippen molar-refractivity contribution < 1.29 is 0 Å². The molecule has 1 aliphatic heterocycles. The van der Waals surface area contributed by atoms with E-state index in [-0.39, 0.29) is 37.9 Å². The number of rotatable bonds is 4. The van der Waals surface area contributed by atoms with Gasteiger partial charge in [0.15, 0.2) is 7.28 Å². The fourth-order valence-electron chi connectivity index (χ4n) is 15.6. The third-order valence-electron chi connectivity index (χ3n) is 20.8. The molecule has 0 fully saturated rings. The molecule has 1 aromatic heterocycles. The van der Waals surface area contributed by atoms with Crippen LogP contribution in [0.5, 0.6) is 0 Å². The zero-order valence-electron chi connectivity index (χ0n) is 47.9. The molecule has 1 N–H and O–H groups in total. The van der Waals surface area contributed by atoms with Crippen LogP contribution in [-0.4, -0.2) is 11.8 Å². The minimum Gasteiger partial charge on any atom is -0.355 e. The molecule has 8 aromatic carbocycles. The lowest BCUT2D eigenvalue weighted by Crippen LogP contribution is -2.41. The minimum atomic E-state index is -0.140. The Labute approximate surface area is 454 Å². The van der Waals surface area contributed by atoms with Gasteiger partial charge in [0.1, 0.15) is 0 Å². The van der Waals surface area contributed by atoms with Crippen molar-refractivity contribution in [3.8, 4) is 39.1 Å². The van der Waals surface area contributed by atoms with E-state index < -0.39 is 0 Å². The van der Waals surface area contributed by atoms with Gasteiger partial charge in [0.2, 0.25) is 0 Å². The molecule has 14 rings (SSSR count). The molecule has 5 aliphatic rings. The second kappa shape index (κ2) is 15.5. The normalized spacial score (nSPS) is 20.0. The van der Waals surface area contributed by atoms with Crippen LogP contribution in [0.25, 0.3) is 71.6 Å². The summed E-state index contributed by atoms with van der Waals surface area (Å²) >= 11 is 0. The molecule has 76 heavy (non-hydrogen) atoms. The van der Waals surface area contributed by atoms with Crippen LogP contribution in [0, 0.1) is 0 Å². The van der Waals surface area contributed by atoms with Gasteiger partial charge in [0.05, 0.1) is 5.52 Å². The van der Waals surface area contributed by atoms with Gasteiger partial charge in [-0.15, -0.1) is 0 Å². The Hall–Kier alpha value is -6.32. The van der Waals surface area contributed by atoms with Crippen LogP contribution in [0.15, 0.2) is 127 Å². The van der Waals surface area contributed by atoms with Gasteiger partial charge in [0.25, 0.3) is 0 Å². The summed E-state index contributed by atoms with van der Waals surface area (Å²) in [5, 5.41) is 9.47. The maximum absolute atomic E-state index is 4.26. The zero-order chi connectivity index (χ0) is 53.0. The van der Waals surface area contributed by atoms with Gasteiger partial charge in [-0.25, -0.2) is 0 Å². The molecule has 0 unspecified atom stereocenters. The molecule has 0 bridgehead atoms. The van der Waals surface area contributed by atoms with Crippen LogP contribution in [0.1, 0.15) is 180 Å². The van der Waals surface area contributed by atoms with Crippen LogP contribution in [-0.2, 0) is 37.9 Å². The number of anilines is 2. The van der Waals surface area contributed by atoms with Gasteiger partial charge < -0.3 is 9.88 Å². The first-order chi connectivity index (χ1) is 35.9. The van der Waals surface area contributed by atoms with Crippen molar-refractivity contribution in [2.75, 3.05) is 5.32 Å². The Kier molecular flexibility index (Phi) is 9.78. The first-order valence-electron chi connectivity index (χ1n) is 28.8. The molecule has 1 radical (unpaired) electrons. The topological polar surface area (TPSA) is 17.0 Å². The van der Waals surface area contributed by atoms with Crippen molar-refractivity contribution >= 4 is 62.2 Å². The largest absolute Gasteiger partial charge is 0.355 e. The van der Waals surface area contributed by atoms with Gasteiger partial charge in [-0.2, -0.15) is 0 Å². The van der Waals surface area contributed by atoms with E-state index in [1.54, 1.807) is 0 Å². The molecule has 2 heterocycles. The second-order valence-corrected chi connectivity index (χ2v) is 28.8. The number of nitrogens with zero attached hydrogens (tertiary/aromatic N) is 1. The van der Waals surface area contributed by atoms with Gasteiger partial charge in [-0.1, -0.05) is 187 Å². The molecule has 0 saturated heterocycles. The third kappa shape index (κ3) is 6.72. The minimum absolute atomic E-state index is 0.00582. The predicted octanol–water partition coefficient (Wildman–Crippen LogP) is 18.3. The average molecular weight is 992 g/mol. The number of hydrogen-bond donors (Lipinski definition) is 1. The molecule has 0 spiro atoms. The molecule has 381 valence electrons. The third-order valence-corrected chi connectivity index (χ3v) is 20.8. The van der Waals surface area contributed by atoms with Crippen molar-refractivity contribution in [3.05, 3.63) is 172 Å². The predicted molar refractivity (Wildman–Crippen MR) is 327 cm³/mol. The van der Waals surface area contributed by atoms with E-state index in [0.29, 0.717) is 0 Å². The van der Waals surface area contributed by atoms with E-state index >= 15 is 0 Å². The van der Waals surface area contributed by atoms with E-state index in [4.69, 9.17) is 0 Å². The van der Waals surface area contributed by atoms with Crippen molar-refractivity contribution in [1.29, 1.82) is 0 Å². The van der Waals surface area contributed by atoms with Crippen LogP contribution in [0.3, 0.4) is 0 Å². The van der Waals surface area contributed by atoms with Crippen molar-refractivity contribution in [2.45, 2.75) is 173 Å². The summed E-state index contributed by atoms with van der Waals surface area (Å²) in [5.74, 6) is 0. The maximum Gasteiger partial charge on any atom is 0.197 e. The summed E-state index contributed by atoms with van der Waals surface area (Å²) in [6.07, 6.45) is 7.03. The number of hydrogen-bond acceptors (Lipinski definition) is 1. The van der Waals surface area contributed by atoms with Crippen molar-refractivity contribution in [2.24, 2.45) is 0 Å². The van der Waals surface area contributed by atoms with Gasteiger partial charge >= 0.3 is 0 Å². The van der Waals surface area contributed by atoms with Crippen LogP contribution < -0.4 is 16.2 Å². The zero-order valence-corrected chi connectivity index (χ0v) is 47.9. The van der Waals surface area contributed by atoms with Crippen LogP contribution >= 0.6 is 0 Å². The Morgan fingerprint density at radius 3 is 1.67 bits per heavy atom. The Morgan fingerprint density at radius 1 is 0.395 bits per heavy atom. The Bertz CT molecular complexity index is 4030. The van der Waals surface area contributed by atoms with E-state index in [0.717, 1.165) is 12.8 Å². The fourth-order valence-corrected chi connectivity index (χ4v) is 15.6. The first-order valence-corrected chi connectivity index (χ1v) is 28.8. The number of aromatic nitrogens is 1. The first kappa shape index (κ1) is 48.1. The van der Waals surface area contributed by atoms with E-state index in [1.165, 1.54) is 164 Å². The average Bonchev–Trinajstić information content (AvgIpc) is 4.07. The summed E-state index contributed by atoms with van der Waals surface area (Å²) < 4.78 is 2.74. The fraction of sp³-hybridized carbons (Fsp3) is 0.370. The Morgan fingerprint density at radius 2 is 0.974 bits per heavy atom. The van der Waals surface area contributed by atoms with Crippen LogP contribution in [0.4, 0.5) is 11.4 Å². The highest BCUT2D eigenvalue weighted by Crippen LogP contribution is 2.55. The highest BCUT2D eigenvalue weighted by Gasteiger charge is 2.43. The highest BCUT2D eigenvalue weighted by molar-refractivity contribution is 6.73. The summed E-state index contributed by atoms with van der Waals surface area (Å²) in [7, 11) is 2.61. The lowest BCUT2D eigenvalue weighted by molar-refractivity contribution is 0.332. The standard InChI is InChI=1S/C73H76BN2/c1-67(2)29-30-68(3,4)55-36-44(25-28-53(55)67)75-61-40-58-56(69(5,6)31-33-71(58,9)10)38-50(61)51-37-49(43-24-26-47-46-21-17-18-22-52(46)73(13,14)54(47)35-43)63-48-27-23-42-19-15-16-20-45(42)65(48)76-62-41-59-57(39-60(62)74-64(51)66(63)76)70(7,8)32-34-72(59,11)12/h15-28,35-41,75H,29-34H2,1-14H3. The van der Waals surface area contributed by atoms with Crippen molar-refractivity contribution in [1.82, 2.24) is 4.57 Å². The summed E-state index contributed by atoms with van der Waals surface area (Å²) in [4.78, 5) is 0. The number of nitrogens with one attached hydrogen (secondary N) is 1. The SMILES string of the molecule is CC1(C)CCC(C)(C)c2cc(Nc3cc4c(cc3-c3cc(-c5ccc6c(c5)C(C)(C)c5ccccc5-6)c5c6ccc7ccccc7c6n6c5c3[B]c3cc5c(cc3-6)C(C)(C)CCC5(C)C)C(C)(C)CCC4(C)C)ccc21. The summed E-state index contributed by atoms with van der Waals surface area (Å²) in [5.41, 5.74) is 28.7. The lowest BCUT2D eigenvalue weighted by atomic mass is 9.55. The highest BCUT2D eigenvalue weighted by atomic mass is 15.0. The van der Waals surface area contributed by atoms with E-state index in [9.17, 15) is 0 Å². The summed E-state index contributed by atoms with van der Waals surface area (Å²) in [6.45, 7) is 34.5. The molecule has 4 aliphatic carbocycles. The molecule has 0 saturated carbocycles. The lowest BCUT2D eigenvalue weighted by Gasteiger charge is -2.43. The molecule has 3 heteroatoms. The second-order valence-electron chi connectivity index (χ2n) is 28.8. The molecule has 9 aromatic rings.